The molecule has 0 bridgehead atoms. The Labute approximate surface area is 125 Å². The second-order valence-electron chi connectivity index (χ2n) is 6.23. The number of nitrogens with two attached hydrogens (primary N) is 1. The van der Waals surface area contributed by atoms with Crippen molar-refractivity contribution in [3.05, 3.63) is 29.3 Å². The van der Waals surface area contributed by atoms with Crippen molar-refractivity contribution >= 4 is 5.69 Å². The number of likely N-dealkylation sites (tertiary alicyclic amines) is 1. The van der Waals surface area contributed by atoms with E-state index >= 15 is 0 Å². The molecular weight excluding hydrogens is 272 g/mol. The number of hydrogen-bond donors (Lipinski definition) is 1. The number of benzene rings is 1. The predicted octanol–water partition coefficient (Wildman–Crippen LogP) is 2.38. The molecular formula is C16H25F2N3. The van der Waals surface area contributed by atoms with Gasteiger partial charge in [-0.3, -0.25) is 0 Å². The molecule has 118 valence electrons. The van der Waals surface area contributed by atoms with Crippen LogP contribution >= 0.6 is 0 Å². The van der Waals surface area contributed by atoms with E-state index < -0.39 is 11.6 Å². The van der Waals surface area contributed by atoms with Crippen LogP contribution in [0.4, 0.5) is 14.5 Å². The molecule has 1 aliphatic heterocycles. The molecule has 5 heteroatoms. The summed E-state index contributed by atoms with van der Waals surface area (Å²) in [4.78, 5) is 4.00. The van der Waals surface area contributed by atoms with Gasteiger partial charge in [0.1, 0.15) is 17.3 Å². The lowest BCUT2D eigenvalue weighted by Gasteiger charge is -2.36. The number of anilines is 1. The Balaban J connectivity index is 2.19. The molecule has 1 heterocycles. The zero-order valence-corrected chi connectivity index (χ0v) is 13.1. The van der Waals surface area contributed by atoms with Crippen LogP contribution in [0.1, 0.15) is 25.3 Å². The van der Waals surface area contributed by atoms with Gasteiger partial charge >= 0.3 is 0 Å². The van der Waals surface area contributed by atoms with Crippen LogP contribution < -0.4 is 10.6 Å². The molecule has 0 spiro atoms. The maximum absolute atomic E-state index is 14.3. The Bertz CT molecular complexity index is 459. The molecule has 1 aliphatic rings. The Morgan fingerprint density at radius 2 is 1.81 bits per heavy atom. The summed E-state index contributed by atoms with van der Waals surface area (Å²) < 4.78 is 28.6. The molecule has 2 N–H and O–H groups in total. The SMILES string of the molecule is CC(N)Cc1cc(F)c(N(C)C2CCN(C)CC2)c(F)c1. The van der Waals surface area contributed by atoms with E-state index in [-0.39, 0.29) is 17.8 Å². The average Bonchev–Trinajstić information content (AvgIpc) is 2.37. The number of rotatable bonds is 4. The van der Waals surface area contributed by atoms with E-state index in [9.17, 15) is 8.78 Å². The van der Waals surface area contributed by atoms with E-state index in [4.69, 9.17) is 5.73 Å². The molecule has 1 saturated heterocycles. The lowest BCUT2D eigenvalue weighted by atomic mass is 10.0. The van der Waals surface area contributed by atoms with E-state index in [1.54, 1.807) is 11.9 Å². The van der Waals surface area contributed by atoms with Crippen LogP contribution in [-0.4, -0.2) is 44.2 Å². The van der Waals surface area contributed by atoms with Crippen molar-refractivity contribution in [1.82, 2.24) is 4.90 Å². The van der Waals surface area contributed by atoms with Crippen LogP contribution in [0.25, 0.3) is 0 Å². The minimum absolute atomic E-state index is 0.0815. The van der Waals surface area contributed by atoms with Crippen molar-refractivity contribution in [2.45, 2.75) is 38.3 Å². The summed E-state index contributed by atoms with van der Waals surface area (Å²) in [7, 11) is 3.85. The van der Waals surface area contributed by atoms with Crippen molar-refractivity contribution in [2.75, 3.05) is 32.1 Å². The highest BCUT2D eigenvalue weighted by molar-refractivity contribution is 5.51. The fourth-order valence-corrected chi connectivity index (χ4v) is 3.01. The van der Waals surface area contributed by atoms with Gasteiger partial charge in [0.2, 0.25) is 0 Å². The maximum atomic E-state index is 14.3. The van der Waals surface area contributed by atoms with Crippen LogP contribution in [0, 0.1) is 11.6 Å². The van der Waals surface area contributed by atoms with Crippen LogP contribution in [0.15, 0.2) is 12.1 Å². The van der Waals surface area contributed by atoms with E-state index in [1.165, 1.54) is 12.1 Å². The zero-order chi connectivity index (χ0) is 15.6. The number of piperidine rings is 1. The van der Waals surface area contributed by atoms with E-state index in [0.717, 1.165) is 25.9 Å². The Morgan fingerprint density at radius 1 is 1.29 bits per heavy atom. The summed E-state index contributed by atoms with van der Waals surface area (Å²) in [6, 6.07) is 2.89. The Hall–Kier alpha value is -1.20. The Kier molecular flexibility index (Phi) is 5.17. The van der Waals surface area contributed by atoms with Crippen molar-refractivity contribution < 1.29 is 8.78 Å². The fraction of sp³-hybridized carbons (Fsp3) is 0.625. The molecule has 0 aromatic heterocycles. The van der Waals surface area contributed by atoms with Crippen LogP contribution in [-0.2, 0) is 6.42 Å². The molecule has 0 aliphatic carbocycles. The molecule has 1 fully saturated rings. The summed E-state index contributed by atoms with van der Waals surface area (Å²) in [5.41, 5.74) is 6.39. The third-order valence-electron chi connectivity index (χ3n) is 4.22. The highest BCUT2D eigenvalue weighted by atomic mass is 19.1. The summed E-state index contributed by atoms with van der Waals surface area (Å²) in [6.07, 6.45) is 2.33. The first kappa shape index (κ1) is 16.2. The quantitative estimate of drug-likeness (QED) is 0.926. The normalized spacial score (nSPS) is 18.8. The minimum atomic E-state index is -0.493. The van der Waals surface area contributed by atoms with Gasteiger partial charge in [0.15, 0.2) is 0 Å². The Morgan fingerprint density at radius 3 is 2.29 bits per heavy atom. The molecule has 0 amide bonds. The monoisotopic (exact) mass is 297 g/mol. The van der Waals surface area contributed by atoms with Crippen molar-refractivity contribution in [3.63, 3.8) is 0 Å². The maximum Gasteiger partial charge on any atom is 0.149 e. The van der Waals surface area contributed by atoms with Gasteiger partial charge < -0.3 is 15.5 Å². The van der Waals surface area contributed by atoms with Gasteiger partial charge in [-0.2, -0.15) is 0 Å². The third-order valence-corrected chi connectivity index (χ3v) is 4.22. The molecule has 21 heavy (non-hydrogen) atoms. The van der Waals surface area contributed by atoms with Crippen molar-refractivity contribution in [3.8, 4) is 0 Å². The highest BCUT2D eigenvalue weighted by Crippen LogP contribution is 2.28. The van der Waals surface area contributed by atoms with E-state index in [2.05, 4.69) is 11.9 Å². The van der Waals surface area contributed by atoms with E-state index in [0.29, 0.717) is 12.0 Å². The standard InChI is InChI=1S/C16H25F2N3/c1-11(19)8-12-9-14(17)16(15(18)10-12)21(3)13-4-6-20(2)7-5-13/h9-11,13H,4-8,19H2,1-3H3. The van der Waals surface area contributed by atoms with Gasteiger partial charge in [-0.25, -0.2) is 8.78 Å². The first-order valence-corrected chi connectivity index (χ1v) is 7.53. The van der Waals surface area contributed by atoms with Crippen LogP contribution in [0.3, 0.4) is 0 Å². The van der Waals surface area contributed by atoms with Gasteiger partial charge in [-0.1, -0.05) is 0 Å². The molecule has 2 rings (SSSR count). The molecule has 1 aromatic rings. The van der Waals surface area contributed by atoms with Crippen molar-refractivity contribution in [2.24, 2.45) is 5.73 Å². The summed E-state index contributed by atoms with van der Waals surface area (Å²) in [5.74, 6) is -0.987. The first-order valence-electron chi connectivity index (χ1n) is 7.53. The van der Waals surface area contributed by atoms with Gasteiger partial charge in [-0.05, 0) is 64.0 Å². The van der Waals surface area contributed by atoms with Crippen LogP contribution in [0.5, 0.6) is 0 Å². The molecule has 0 radical (unpaired) electrons. The zero-order valence-electron chi connectivity index (χ0n) is 13.1. The first-order chi connectivity index (χ1) is 9.88. The van der Waals surface area contributed by atoms with Gasteiger partial charge in [-0.15, -0.1) is 0 Å². The second-order valence-corrected chi connectivity index (χ2v) is 6.23. The summed E-state index contributed by atoms with van der Waals surface area (Å²) in [6.45, 7) is 3.75. The molecule has 3 nitrogen and oxygen atoms in total. The summed E-state index contributed by atoms with van der Waals surface area (Å²) in [5, 5.41) is 0. The topological polar surface area (TPSA) is 32.5 Å². The van der Waals surface area contributed by atoms with Crippen LogP contribution in [0.2, 0.25) is 0 Å². The third kappa shape index (κ3) is 3.92. The minimum Gasteiger partial charge on any atom is -0.367 e. The van der Waals surface area contributed by atoms with Gasteiger partial charge in [0.25, 0.3) is 0 Å². The molecule has 1 aromatic carbocycles. The second kappa shape index (κ2) is 6.71. The average molecular weight is 297 g/mol. The fourth-order valence-electron chi connectivity index (χ4n) is 3.01. The number of halogens is 2. The summed E-state index contributed by atoms with van der Waals surface area (Å²) >= 11 is 0. The largest absolute Gasteiger partial charge is 0.367 e. The van der Waals surface area contributed by atoms with Crippen molar-refractivity contribution in [1.29, 1.82) is 0 Å². The molecule has 1 atom stereocenters. The predicted molar refractivity (Wildman–Crippen MR) is 82.6 cm³/mol. The van der Waals surface area contributed by atoms with Gasteiger partial charge in [0.05, 0.1) is 0 Å². The lowest BCUT2D eigenvalue weighted by molar-refractivity contribution is 0.252. The molecule has 0 saturated carbocycles. The number of hydrogen-bond acceptors (Lipinski definition) is 3. The van der Waals surface area contributed by atoms with E-state index in [1.807, 2.05) is 6.92 Å². The number of nitrogens with zero attached hydrogens (tertiary/aromatic N) is 2. The lowest BCUT2D eigenvalue weighted by Crippen LogP contribution is -2.42. The van der Waals surface area contributed by atoms with Gasteiger partial charge in [0, 0.05) is 19.1 Å². The smallest absolute Gasteiger partial charge is 0.149 e. The molecule has 1 unspecified atom stereocenters. The highest BCUT2D eigenvalue weighted by Gasteiger charge is 2.25.